The highest BCUT2D eigenvalue weighted by atomic mass is 35.5. The molecule has 0 fully saturated rings. The lowest BCUT2D eigenvalue weighted by Crippen LogP contribution is -2.08. The van der Waals surface area contributed by atoms with Gasteiger partial charge in [-0.3, -0.25) is 10.1 Å². The Labute approximate surface area is 122 Å². The fourth-order valence-corrected chi connectivity index (χ4v) is 2.12. The van der Waals surface area contributed by atoms with Gasteiger partial charge in [0.2, 0.25) is 0 Å². The molecule has 1 N–H and O–H groups in total. The molecule has 0 saturated heterocycles. The van der Waals surface area contributed by atoms with Gasteiger partial charge in [-0.1, -0.05) is 29.8 Å². The monoisotopic (exact) mass is 290 g/mol. The fraction of sp³-hybridized carbons (Fsp3) is 0.200. The molecule has 0 saturated carbocycles. The maximum absolute atomic E-state index is 11.0. The summed E-state index contributed by atoms with van der Waals surface area (Å²) in [5.74, 6) is 0. The van der Waals surface area contributed by atoms with E-state index in [1.165, 1.54) is 6.07 Å². The van der Waals surface area contributed by atoms with E-state index in [1.807, 2.05) is 26.0 Å². The van der Waals surface area contributed by atoms with Crippen molar-refractivity contribution in [2.45, 2.75) is 19.9 Å². The van der Waals surface area contributed by atoms with Crippen molar-refractivity contribution in [3.8, 4) is 0 Å². The van der Waals surface area contributed by atoms with Crippen LogP contribution < -0.4 is 5.32 Å². The number of aryl methyl sites for hydroxylation is 1. The minimum absolute atomic E-state index is 0.0484. The van der Waals surface area contributed by atoms with Gasteiger partial charge in [0.1, 0.15) is 5.69 Å². The third-order valence-corrected chi connectivity index (χ3v) is 3.34. The maximum atomic E-state index is 11.0. The number of rotatable bonds is 4. The topological polar surface area (TPSA) is 55.2 Å². The first-order valence-corrected chi connectivity index (χ1v) is 6.62. The average Bonchev–Trinajstić information content (AvgIpc) is 2.39. The van der Waals surface area contributed by atoms with Crippen molar-refractivity contribution in [2.75, 3.05) is 5.32 Å². The number of nitro groups is 1. The SMILES string of the molecule is Cc1ccc([N+](=O)[O-])c(NC(C)c2ccc(Cl)cc2)c1. The van der Waals surface area contributed by atoms with Crippen molar-refractivity contribution < 1.29 is 4.92 Å². The van der Waals surface area contributed by atoms with Gasteiger partial charge >= 0.3 is 0 Å². The molecule has 1 atom stereocenters. The van der Waals surface area contributed by atoms with Crippen LogP contribution in [-0.4, -0.2) is 4.92 Å². The Bertz CT molecular complexity index is 626. The minimum Gasteiger partial charge on any atom is -0.373 e. The first-order chi connectivity index (χ1) is 9.47. The number of nitrogens with zero attached hydrogens (tertiary/aromatic N) is 1. The third kappa shape index (κ3) is 3.27. The summed E-state index contributed by atoms with van der Waals surface area (Å²) < 4.78 is 0. The van der Waals surface area contributed by atoms with E-state index in [9.17, 15) is 10.1 Å². The van der Waals surface area contributed by atoms with Crippen LogP contribution in [0.2, 0.25) is 5.02 Å². The molecule has 20 heavy (non-hydrogen) atoms. The molecule has 0 aromatic heterocycles. The maximum Gasteiger partial charge on any atom is 0.292 e. The molecular formula is C15H15ClN2O2. The summed E-state index contributed by atoms with van der Waals surface area (Å²) in [5.41, 5.74) is 2.60. The van der Waals surface area contributed by atoms with Crippen LogP contribution >= 0.6 is 11.6 Å². The van der Waals surface area contributed by atoms with Crippen LogP contribution in [0, 0.1) is 17.0 Å². The molecule has 0 aliphatic heterocycles. The largest absolute Gasteiger partial charge is 0.373 e. The predicted molar refractivity (Wildman–Crippen MR) is 81.3 cm³/mol. The van der Waals surface area contributed by atoms with Gasteiger partial charge in [-0.15, -0.1) is 0 Å². The van der Waals surface area contributed by atoms with Crippen molar-refractivity contribution in [2.24, 2.45) is 0 Å². The van der Waals surface area contributed by atoms with E-state index >= 15 is 0 Å². The summed E-state index contributed by atoms with van der Waals surface area (Å²) >= 11 is 5.85. The second-order valence-corrected chi connectivity index (χ2v) is 5.13. The standard InChI is InChI=1S/C15H15ClN2O2/c1-10-3-8-15(18(19)20)14(9-10)17-11(2)12-4-6-13(16)7-5-12/h3-9,11,17H,1-2H3. The molecular weight excluding hydrogens is 276 g/mol. The smallest absolute Gasteiger partial charge is 0.292 e. The van der Waals surface area contributed by atoms with E-state index < -0.39 is 0 Å². The Morgan fingerprint density at radius 1 is 1.20 bits per heavy atom. The molecule has 0 spiro atoms. The molecule has 4 nitrogen and oxygen atoms in total. The molecule has 0 radical (unpaired) electrons. The zero-order chi connectivity index (χ0) is 14.7. The van der Waals surface area contributed by atoms with Crippen LogP contribution in [0.4, 0.5) is 11.4 Å². The highest BCUT2D eigenvalue weighted by Gasteiger charge is 2.15. The summed E-state index contributed by atoms with van der Waals surface area (Å²) in [4.78, 5) is 10.7. The Balaban J connectivity index is 2.27. The number of anilines is 1. The van der Waals surface area contributed by atoms with E-state index in [1.54, 1.807) is 24.3 Å². The Morgan fingerprint density at radius 2 is 1.85 bits per heavy atom. The van der Waals surface area contributed by atoms with Crippen LogP contribution in [0.25, 0.3) is 0 Å². The van der Waals surface area contributed by atoms with Gasteiger partial charge in [-0.2, -0.15) is 0 Å². The number of hydrogen-bond donors (Lipinski definition) is 1. The number of nitrogens with one attached hydrogen (secondary N) is 1. The van der Waals surface area contributed by atoms with Gasteiger partial charge in [-0.05, 0) is 43.2 Å². The highest BCUT2D eigenvalue weighted by molar-refractivity contribution is 6.30. The molecule has 0 aliphatic carbocycles. The lowest BCUT2D eigenvalue weighted by molar-refractivity contribution is -0.384. The van der Waals surface area contributed by atoms with Crippen molar-refractivity contribution in [3.05, 3.63) is 68.7 Å². The van der Waals surface area contributed by atoms with Crippen molar-refractivity contribution >= 4 is 23.0 Å². The first kappa shape index (κ1) is 14.3. The van der Waals surface area contributed by atoms with Crippen LogP contribution in [-0.2, 0) is 0 Å². The van der Waals surface area contributed by atoms with Crippen molar-refractivity contribution in [1.29, 1.82) is 0 Å². The van der Waals surface area contributed by atoms with Crippen LogP contribution in [0.1, 0.15) is 24.1 Å². The van der Waals surface area contributed by atoms with Crippen molar-refractivity contribution in [3.63, 3.8) is 0 Å². The number of benzene rings is 2. The molecule has 2 rings (SSSR count). The second kappa shape index (κ2) is 5.92. The normalized spacial score (nSPS) is 11.9. The van der Waals surface area contributed by atoms with E-state index in [-0.39, 0.29) is 16.7 Å². The van der Waals surface area contributed by atoms with Gasteiger partial charge in [0.15, 0.2) is 0 Å². The minimum atomic E-state index is -0.379. The van der Waals surface area contributed by atoms with E-state index in [4.69, 9.17) is 11.6 Å². The second-order valence-electron chi connectivity index (χ2n) is 4.70. The zero-order valence-corrected chi connectivity index (χ0v) is 12.0. The molecule has 2 aromatic rings. The molecule has 104 valence electrons. The zero-order valence-electron chi connectivity index (χ0n) is 11.3. The molecule has 5 heteroatoms. The lowest BCUT2D eigenvalue weighted by Gasteiger charge is -2.16. The predicted octanol–water partition coefficient (Wildman–Crippen LogP) is 4.73. The molecule has 2 aromatic carbocycles. The Morgan fingerprint density at radius 3 is 2.45 bits per heavy atom. The van der Waals surface area contributed by atoms with E-state index in [0.717, 1.165) is 11.1 Å². The molecule has 0 amide bonds. The summed E-state index contributed by atoms with van der Waals surface area (Å²) in [7, 11) is 0. The first-order valence-electron chi connectivity index (χ1n) is 6.24. The Hall–Kier alpha value is -2.07. The summed E-state index contributed by atoms with van der Waals surface area (Å²) in [5, 5.41) is 14.9. The number of nitro benzene ring substituents is 1. The van der Waals surface area contributed by atoms with Gasteiger partial charge in [0, 0.05) is 17.1 Å². The summed E-state index contributed by atoms with van der Waals surface area (Å²) in [6, 6.07) is 12.4. The quantitative estimate of drug-likeness (QED) is 0.654. The fourth-order valence-electron chi connectivity index (χ4n) is 1.99. The summed E-state index contributed by atoms with van der Waals surface area (Å²) in [6.07, 6.45) is 0. The lowest BCUT2D eigenvalue weighted by atomic mass is 10.1. The van der Waals surface area contributed by atoms with Gasteiger partial charge in [-0.25, -0.2) is 0 Å². The average molecular weight is 291 g/mol. The van der Waals surface area contributed by atoms with Crippen LogP contribution in [0.15, 0.2) is 42.5 Å². The van der Waals surface area contributed by atoms with Crippen molar-refractivity contribution in [1.82, 2.24) is 0 Å². The number of hydrogen-bond acceptors (Lipinski definition) is 3. The van der Waals surface area contributed by atoms with Crippen LogP contribution in [0.3, 0.4) is 0 Å². The van der Waals surface area contributed by atoms with E-state index in [0.29, 0.717) is 10.7 Å². The van der Waals surface area contributed by atoms with Gasteiger partial charge in [0.05, 0.1) is 4.92 Å². The highest BCUT2D eigenvalue weighted by Crippen LogP contribution is 2.29. The molecule has 0 aliphatic rings. The summed E-state index contributed by atoms with van der Waals surface area (Å²) in [6.45, 7) is 3.86. The third-order valence-electron chi connectivity index (χ3n) is 3.09. The molecule has 0 heterocycles. The van der Waals surface area contributed by atoms with Gasteiger partial charge < -0.3 is 5.32 Å². The Kier molecular flexibility index (Phi) is 4.25. The number of halogens is 1. The van der Waals surface area contributed by atoms with Gasteiger partial charge in [0.25, 0.3) is 5.69 Å². The molecule has 1 unspecified atom stereocenters. The molecule has 0 bridgehead atoms. The van der Waals surface area contributed by atoms with E-state index in [2.05, 4.69) is 5.32 Å². The van der Waals surface area contributed by atoms with Crippen LogP contribution in [0.5, 0.6) is 0 Å².